The second kappa shape index (κ2) is 12.3. The number of hydrogen-bond acceptors (Lipinski definition) is 8. The first-order valence-electron chi connectivity index (χ1n) is 10.1. The van der Waals surface area contributed by atoms with Crippen molar-refractivity contribution in [2.45, 2.75) is 13.0 Å². The molecule has 0 saturated heterocycles. The molecule has 0 bridgehead atoms. The summed E-state index contributed by atoms with van der Waals surface area (Å²) in [6.45, 7) is 3.59. The summed E-state index contributed by atoms with van der Waals surface area (Å²) < 4.78 is 16.4. The van der Waals surface area contributed by atoms with Crippen LogP contribution in [-0.2, 0) is 0 Å². The number of methoxy groups -OCH3 is 2. The highest BCUT2D eigenvalue weighted by Crippen LogP contribution is 2.32. The number of aliphatic hydroxyl groups excluding tert-OH is 3. The Balaban J connectivity index is 2.10. The molecule has 1 atom stereocenters. The van der Waals surface area contributed by atoms with Crippen LogP contribution in [0.15, 0.2) is 36.4 Å². The van der Waals surface area contributed by atoms with E-state index in [9.17, 15) is 9.90 Å². The number of nitrogens with zero attached hydrogens (tertiary/aromatic N) is 1. The maximum atomic E-state index is 12.8. The normalized spacial score (nSPS) is 12.0. The molecule has 0 spiro atoms. The zero-order valence-electron chi connectivity index (χ0n) is 18.2. The van der Waals surface area contributed by atoms with Gasteiger partial charge in [-0.2, -0.15) is 0 Å². The van der Waals surface area contributed by atoms with Crippen LogP contribution >= 0.6 is 0 Å². The maximum Gasteiger partial charge on any atom is 0.195 e. The van der Waals surface area contributed by atoms with Gasteiger partial charge in [0.1, 0.15) is 18.5 Å². The monoisotopic (exact) mass is 433 g/mol. The molecule has 0 heterocycles. The summed E-state index contributed by atoms with van der Waals surface area (Å²) in [5, 5.41) is 28.8. The predicted octanol–water partition coefficient (Wildman–Crippen LogP) is 1.59. The van der Waals surface area contributed by atoms with Crippen molar-refractivity contribution in [3.8, 4) is 17.2 Å². The third-order valence-electron chi connectivity index (χ3n) is 4.94. The number of benzene rings is 2. The Morgan fingerprint density at radius 3 is 2.23 bits per heavy atom. The number of aryl methyl sites for hydroxylation is 1. The van der Waals surface area contributed by atoms with Crippen LogP contribution in [0.1, 0.15) is 27.6 Å². The van der Waals surface area contributed by atoms with Gasteiger partial charge in [-0.3, -0.25) is 9.69 Å². The Hall–Kier alpha value is -2.65. The van der Waals surface area contributed by atoms with Gasteiger partial charge in [-0.05, 0) is 36.2 Å². The average Bonchev–Trinajstić information content (AvgIpc) is 2.78. The lowest BCUT2D eigenvalue weighted by molar-refractivity contribution is 0.0746. The van der Waals surface area contributed by atoms with Gasteiger partial charge in [0.2, 0.25) is 0 Å². The molecule has 0 aliphatic carbocycles. The second-order valence-electron chi connectivity index (χ2n) is 7.00. The second-order valence-corrected chi connectivity index (χ2v) is 7.00. The van der Waals surface area contributed by atoms with Crippen molar-refractivity contribution >= 4 is 5.78 Å². The van der Waals surface area contributed by atoms with Gasteiger partial charge in [-0.25, -0.2) is 0 Å². The number of Topliss-reactive ketones (excluding diaryl/α,β-unsaturated/α-hetero) is 1. The van der Waals surface area contributed by atoms with Gasteiger partial charge in [0.15, 0.2) is 17.3 Å². The standard InChI is InChI=1S/C23H31NO7/c1-16-4-5-17(14-20(16)29-2)22(27)23(28)18-6-7-19(21(15-18)30-3)31-13-10-24(8-11-25)9-12-26/h4-7,14-15,23,25-26,28H,8-13H2,1-3H3. The van der Waals surface area contributed by atoms with E-state index in [1.807, 2.05) is 11.8 Å². The van der Waals surface area contributed by atoms with Gasteiger partial charge in [0.05, 0.1) is 27.4 Å². The number of carbonyl (C=O) groups excluding carboxylic acids is 1. The first-order chi connectivity index (χ1) is 14.9. The highest BCUT2D eigenvalue weighted by atomic mass is 16.5. The summed E-state index contributed by atoms with van der Waals surface area (Å²) >= 11 is 0. The number of ketones is 1. The lowest BCUT2D eigenvalue weighted by atomic mass is 9.98. The van der Waals surface area contributed by atoms with E-state index in [1.54, 1.807) is 36.4 Å². The smallest absolute Gasteiger partial charge is 0.195 e. The first-order valence-corrected chi connectivity index (χ1v) is 10.1. The molecule has 8 nitrogen and oxygen atoms in total. The molecule has 0 aliphatic heterocycles. The molecule has 0 aromatic heterocycles. The van der Waals surface area contributed by atoms with Crippen LogP contribution in [0.2, 0.25) is 0 Å². The van der Waals surface area contributed by atoms with E-state index in [0.29, 0.717) is 54.6 Å². The summed E-state index contributed by atoms with van der Waals surface area (Å²) in [5.41, 5.74) is 1.63. The molecule has 0 radical (unpaired) electrons. The molecule has 2 aromatic carbocycles. The molecular formula is C23H31NO7. The van der Waals surface area contributed by atoms with Gasteiger partial charge in [0, 0.05) is 25.2 Å². The summed E-state index contributed by atoms with van der Waals surface area (Å²) in [4.78, 5) is 14.6. The molecule has 2 rings (SSSR count). The Morgan fingerprint density at radius 1 is 0.935 bits per heavy atom. The molecule has 0 aliphatic rings. The van der Waals surface area contributed by atoms with E-state index < -0.39 is 11.9 Å². The lowest BCUT2D eigenvalue weighted by Gasteiger charge is -2.21. The van der Waals surface area contributed by atoms with Crippen LogP contribution in [0.4, 0.5) is 0 Å². The first kappa shape index (κ1) is 24.6. The number of carbonyl (C=O) groups is 1. The third kappa shape index (κ3) is 6.67. The minimum absolute atomic E-state index is 0.00318. The predicted molar refractivity (Wildman–Crippen MR) is 116 cm³/mol. The Kier molecular flexibility index (Phi) is 9.74. The maximum absolute atomic E-state index is 12.8. The minimum atomic E-state index is -1.36. The average molecular weight is 434 g/mol. The van der Waals surface area contributed by atoms with Crippen molar-refractivity contribution in [3.05, 3.63) is 53.1 Å². The van der Waals surface area contributed by atoms with Crippen molar-refractivity contribution in [2.24, 2.45) is 0 Å². The highest BCUT2D eigenvalue weighted by molar-refractivity contribution is 6.00. The molecule has 2 aromatic rings. The Morgan fingerprint density at radius 2 is 1.61 bits per heavy atom. The van der Waals surface area contributed by atoms with E-state index in [-0.39, 0.29) is 13.2 Å². The lowest BCUT2D eigenvalue weighted by Crippen LogP contribution is -2.33. The van der Waals surface area contributed by atoms with Crippen LogP contribution in [0, 0.1) is 6.92 Å². The van der Waals surface area contributed by atoms with E-state index in [2.05, 4.69) is 0 Å². The van der Waals surface area contributed by atoms with Crippen LogP contribution in [0.25, 0.3) is 0 Å². The van der Waals surface area contributed by atoms with Crippen molar-refractivity contribution in [1.29, 1.82) is 0 Å². The topological polar surface area (TPSA) is 109 Å². The van der Waals surface area contributed by atoms with Crippen LogP contribution in [-0.4, -0.2) is 79.7 Å². The van der Waals surface area contributed by atoms with Gasteiger partial charge in [-0.15, -0.1) is 0 Å². The number of aliphatic hydroxyl groups is 3. The van der Waals surface area contributed by atoms with E-state index in [0.717, 1.165) is 5.56 Å². The zero-order chi connectivity index (χ0) is 22.8. The van der Waals surface area contributed by atoms with Crippen molar-refractivity contribution in [2.75, 3.05) is 53.7 Å². The fourth-order valence-corrected chi connectivity index (χ4v) is 3.16. The molecule has 0 amide bonds. The number of ether oxygens (including phenoxy) is 3. The van der Waals surface area contributed by atoms with Gasteiger partial charge < -0.3 is 29.5 Å². The van der Waals surface area contributed by atoms with Crippen LogP contribution in [0.3, 0.4) is 0 Å². The summed E-state index contributed by atoms with van der Waals surface area (Å²) in [6, 6.07) is 9.87. The van der Waals surface area contributed by atoms with Crippen molar-refractivity contribution in [3.63, 3.8) is 0 Å². The van der Waals surface area contributed by atoms with Gasteiger partial charge in [-0.1, -0.05) is 18.2 Å². The number of hydrogen-bond donors (Lipinski definition) is 3. The molecule has 3 N–H and O–H groups in total. The van der Waals surface area contributed by atoms with E-state index in [4.69, 9.17) is 24.4 Å². The molecule has 31 heavy (non-hydrogen) atoms. The van der Waals surface area contributed by atoms with Gasteiger partial charge >= 0.3 is 0 Å². The summed E-state index contributed by atoms with van der Waals surface area (Å²) in [5.74, 6) is 0.992. The van der Waals surface area contributed by atoms with Crippen molar-refractivity contribution < 1.29 is 34.3 Å². The molecule has 0 fully saturated rings. The largest absolute Gasteiger partial charge is 0.496 e. The quantitative estimate of drug-likeness (QED) is 0.409. The molecule has 0 saturated carbocycles. The van der Waals surface area contributed by atoms with Gasteiger partial charge in [0.25, 0.3) is 0 Å². The SMILES string of the molecule is COc1cc(C(=O)C(O)c2ccc(OCCN(CCO)CCO)c(OC)c2)ccc1C. The molecule has 8 heteroatoms. The summed E-state index contributed by atoms with van der Waals surface area (Å²) in [6.07, 6.45) is -1.36. The third-order valence-corrected chi connectivity index (χ3v) is 4.94. The van der Waals surface area contributed by atoms with E-state index >= 15 is 0 Å². The minimum Gasteiger partial charge on any atom is -0.496 e. The van der Waals surface area contributed by atoms with E-state index in [1.165, 1.54) is 14.2 Å². The highest BCUT2D eigenvalue weighted by Gasteiger charge is 2.22. The zero-order valence-corrected chi connectivity index (χ0v) is 18.2. The number of rotatable bonds is 13. The molecular weight excluding hydrogens is 402 g/mol. The summed E-state index contributed by atoms with van der Waals surface area (Å²) in [7, 11) is 3.01. The van der Waals surface area contributed by atoms with Crippen LogP contribution < -0.4 is 14.2 Å². The molecule has 1 unspecified atom stereocenters. The fourth-order valence-electron chi connectivity index (χ4n) is 3.16. The molecule has 170 valence electrons. The fraction of sp³-hybridized carbons (Fsp3) is 0.435. The van der Waals surface area contributed by atoms with Crippen molar-refractivity contribution in [1.82, 2.24) is 4.90 Å². The van der Waals surface area contributed by atoms with Crippen LogP contribution in [0.5, 0.6) is 17.2 Å². The Labute approximate surface area is 182 Å². The Bertz CT molecular complexity index is 850.